The molecule has 1 heterocycles. The van der Waals surface area contributed by atoms with Crippen molar-refractivity contribution in [2.24, 2.45) is 28.6 Å². The molecule has 136 valence electrons. The van der Waals surface area contributed by atoms with Crippen LogP contribution in [0.4, 0.5) is 0 Å². The van der Waals surface area contributed by atoms with Gasteiger partial charge in [-0.3, -0.25) is 4.79 Å². The van der Waals surface area contributed by atoms with Crippen LogP contribution in [0, 0.1) is 28.6 Å². The molecule has 0 aromatic carbocycles. The SMILES string of the molecule is CCC[C@H]1[C@@H]2CCC3N(C)C(=O)COC[C@]3(C)[C@H]2CC[C@]1(C)C=O. The van der Waals surface area contributed by atoms with Crippen LogP contribution in [0.1, 0.15) is 59.3 Å². The Morgan fingerprint density at radius 1 is 1.29 bits per heavy atom. The number of likely N-dealkylation sites (N-methyl/N-ethyl adjacent to an activating group) is 1. The number of carbonyl (C=O) groups excluding carboxylic acids is 2. The first-order chi connectivity index (χ1) is 11.4. The third kappa shape index (κ3) is 2.61. The first kappa shape index (κ1) is 17.9. The lowest BCUT2D eigenvalue weighted by atomic mass is 9.48. The molecule has 0 aromatic rings. The highest BCUT2D eigenvalue weighted by atomic mass is 16.5. The summed E-state index contributed by atoms with van der Waals surface area (Å²) in [5.41, 5.74) is -0.159. The largest absolute Gasteiger partial charge is 0.371 e. The molecule has 0 N–H and O–H groups in total. The van der Waals surface area contributed by atoms with Crippen molar-refractivity contribution < 1.29 is 14.3 Å². The van der Waals surface area contributed by atoms with Gasteiger partial charge in [0.15, 0.2) is 0 Å². The first-order valence-corrected chi connectivity index (χ1v) is 9.67. The molecule has 3 aliphatic rings. The molecule has 4 nitrogen and oxygen atoms in total. The van der Waals surface area contributed by atoms with E-state index in [2.05, 4.69) is 20.8 Å². The third-order valence-corrected chi connectivity index (χ3v) is 7.62. The van der Waals surface area contributed by atoms with Crippen molar-refractivity contribution in [3.63, 3.8) is 0 Å². The molecule has 0 bridgehead atoms. The first-order valence-electron chi connectivity index (χ1n) is 9.67. The molecule has 1 unspecified atom stereocenters. The maximum atomic E-state index is 12.2. The zero-order chi connectivity index (χ0) is 17.5. The molecular formula is C20H33NO3. The fraction of sp³-hybridized carbons (Fsp3) is 0.900. The Labute approximate surface area is 146 Å². The van der Waals surface area contributed by atoms with Crippen molar-refractivity contribution in [2.75, 3.05) is 20.3 Å². The van der Waals surface area contributed by atoms with Gasteiger partial charge < -0.3 is 14.4 Å². The van der Waals surface area contributed by atoms with E-state index < -0.39 is 0 Å². The zero-order valence-electron chi connectivity index (χ0n) is 15.7. The number of fused-ring (bicyclic) bond motifs is 3. The maximum absolute atomic E-state index is 12.2. The summed E-state index contributed by atoms with van der Waals surface area (Å²) in [5, 5.41) is 0. The van der Waals surface area contributed by atoms with Gasteiger partial charge in [-0.2, -0.15) is 0 Å². The van der Waals surface area contributed by atoms with Crippen LogP contribution in [0.25, 0.3) is 0 Å². The number of carbonyl (C=O) groups is 2. The lowest BCUT2D eigenvalue weighted by Gasteiger charge is -2.59. The van der Waals surface area contributed by atoms with Crippen LogP contribution < -0.4 is 0 Å². The average Bonchev–Trinajstić information content (AvgIpc) is 2.67. The summed E-state index contributed by atoms with van der Waals surface area (Å²) in [7, 11) is 1.95. The predicted molar refractivity (Wildman–Crippen MR) is 93.5 cm³/mol. The second kappa shape index (κ2) is 6.44. The Bertz CT molecular complexity index is 507. The van der Waals surface area contributed by atoms with Gasteiger partial charge in [-0.1, -0.05) is 27.2 Å². The molecule has 2 saturated carbocycles. The lowest BCUT2D eigenvalue weighted by Crippen LogP contribution is -2.59. The molecule has 0 radical (unpaired) electrons. The summed E-state index contributed by atoms with van der Waals surface area (Å²) in [6.07, 6.45) is 7.73. The molecule has 3 rings (SSSR count). The van der Waals surface area contributed by atoms with Gasteiger partial charge in [-0.05, 0) is 49.9 Å². The standard InChI is InChI=1S/C20H33NO3/c1-5-6-15-14-7-8-17-20(3,13-24-11-18(23)21(17)4)16(14)9-10-19(15,2)12-22/h12,14-17H,5-11,13H2,1-4H3/t14-,15-,16-,17?,19+,20+/m0/s1. The molecule has 0 spiro atoms. The Morgan fingerprint density at radius 2 is 2.04 bits per heavy atom. The molecule has 24 heavy (non-hydrogen) atoms. The fourth-order valence-corrected chi connectivity index (χ4v) is 6.26. The van der Waals surface area contributed by atoms with E-state index in [0.717, 1.165) is 38.5 Å². The lowest BCUT2D eigenvalue weighted by molar-refractivity contribution is -0.143. The molecule has 4 heteroatoms. The molecule has 2 aliphatic carbocycles. The molecule has 3 fully saturated rings. The highest BCUT2D eigenvalue weighted by Gasteiger charge is 2.57. The summed E-state index contributed by atoms with van der Waals surface area (Å²) in [4.78, 5) is 26.1. The summed E-state index contributed by atoms with van der Waals surface area (Å²) in [6.45, 7) is 7.61. The molecule has 0 aromatic heterocycles. The number of hydrogen-bond donors (Lipinski definition) is 0. The van der Waals surface area contributed by atoms with Crippen LogP contribution in [0.2, 0.25) is 0 Å². The number of nitrogens with zero attached hydrogens (tertiary/aromatic N) is 1. The van der Waals surface area contributed by atoms with E-state index in [-0.39, 0.29) is 29.4 Å². The second-order valence-electron chi connectivity index (χ2n) is 8.92. The summed E-state index contributed by atoms with van der Waals surface area (Å²) < 4.78 is 5.81. The van der Waals surface area contributed by atoms with Gasteiger partial charge in [0.25, 0.3) is 0 Å². The van der Waals surface area contributed by atoms with Gasteiger partial charge in [-0.15, -0.1) is 0 Å². The summed E-state index contributed by atoms with van der Waals surface area (Å²) in [6, 6.07) is 0.275. The van der Waals surface area contributed by atoms with E-state index in [1.807, 2.05) is 11.9 Å². The summed E-state index contributed by atoms with van der Waals surface area (Å²) in [5.74, 6) is 1.72. The second-order valence-corrected chi connectivity index (χ2v) is 8.92. The fourth-order valence-electron chi connectivity index (χ4n) is 6.26. The van der Waals surface area contributed by atoms with Crippen LogP contribution in [-0.4, -0.2) is 43.4 Å². The number of rotatable bonds is 3. The predicted octanol–water partition coefficient (Wildman–Crippen LogP) is 3.29. The molecular weight excluding hydrogens is 302 g/mol. The Hall–Kier alpha value is -0.900. The van der Waals surface area contributed by atoms with Gasteiger partial charge in [-0.25, -0.2) is 0 Å². The van der Waals surface area contributed by atoms with Crippen molar-refractivity contribution in [2.45, 2.75) is 65.3 Å². The van der Waals surface area contributed by atoms with Gasteiger partial charge in [0.2, 0.25) is 5.91 Å². The molecule has 1 aliphatic heterocycles. The number of amides is 1. The summed E-state index contributed by atoms with van der Waals surface area (Å²) >= 11 is 0. The minimum Gasteiger partial charge on any atom is -0.371 e. The zero-order valence-corrected chi connectivity index (χ0v) is 15.7. The average molecular weight is 335 g/mol. The van der Waals surface area contributed by atoms with E-state index >= 15 is 0 Å². The van der Waals surface area contributed by atoms with E-state index in [1.54, 1.807) is 0 Å². The van der Waals surface area contributed by atoms with E-state index in [1.165, 1.54) is 6.29 Å². The minimum atomic E-state index is -0.173. The molecule has 6 atom stereocenters. The highest BCUT2D eigenvalue weighted by molar-refractivity contribution is 5.78. The topological polar surface area (TPSA) is 46.6 Å². The number of hydrogen-bond acceptors (Lipinski definition) is 3. The van der Waals surface area contributed by atoms with E-state index in [4.69, 9.17) is 4.74 Å². The van der Waals surface area contributed by atoms with Gasteiger partial charge in [0.05, 0.1) is 6.61 Å². The van der Waals surface area contributed by atoms with Crippen molar-refractivity contribution in [1.29, 1.82) is 0 Å². The Morgan fingerprint density at radius 3 is 2.71 bits per heavy atom. The van der Waals surface area contributed by atoms with Crippen molar-refractivity contribution >= 4 is 12.2 Å². The molecule has 1 saturated heterocycles. The van der Waals surface area contributed by atoms with Crippen LogP contribution >= 0.6 is 0 Å². The van der Waals surface area contributed by atoms with Gasteiger partial charge in [0.1, 0.15) is 12.9 Å². The van der Waals surface area contributed by atoms with Crippen LogP contribution in [0.5, 0.6) is 0 Å². The van der Waals surface area contributed by atoms with Crippen molar-refractivity contribution in [3.8, 4) is 0 Å². The van der Waals surface area contributed by atoms with Crippen LogP contribution in [-0.2, 0) is 14.3 Å². The third-order valence-electron chi connectivity index (χ3n) is 7.62. The van der Waals surface area contributed by atoms with Gasteiger partial charge >= 0.3 is 0 Å². The highest BCUT2D eigenvalue weighted by Crippen LogP contribution is 2.59. The Balaban J connectivity index is 1.94. The van der Waals surface area contributed by atoms with Crippen LogP contribution in [0.15, 0.2) is 0 Å². The number of aldehydes is 1. The Kier molecular flexibility index (Phi) is 4.80. The monoisotopic (exact) mass is 335 g/mol. The van der Waals surface area contributed by atoms with E-state index in [9.17, 15) is 9.59 Å². The maximum Gasteiger partial charge on any atom is 0.248 e. The van der Waals surface area contributed by atoms with Crippen LogP contribution in [0.3, 0.4) is 0 Å². The normalized spacial score (nSPS) is 46.0. The minimum absolute atomic E-state index is 0.0139. The van der Waals surface area contributed by atoms with Crippen molar-refractivity contribution in [3.05, 3.63) is 0 Å². The molecule has 1 amide bonds. The quantitative estimate of drug-likeness (QED) is 0.744. The van der Waals surface area contributed by atoms with Crippen molar-refractivity contribution in [1.82, 2.24) is 4.90 Å². The smallest absolute Gasteiger partial charge is 0.248 e. The number of ether oxygens (including phenoxy) is 1. The van der Waals surface area contributed by atoms with Gasteiger partial charge in [0, 0.05) is 23.9 Å². The van der Waals surface area contributed by atoms with E-state index in [0.29, 0.717) is 24.4 Å².